The van der Waals surface area contributed by atoms with E-state index in [1.54, 1.807) is 18.2 Å². The Morgan fingerprint density at radius 3 is 2.21 bits per heavy atom. The Hall–Kier alpha value is -3.36. The first-order chi connectivity index (χ1) is 20.1. The predicted octanol–water partition coefficient (Wildman–Crippen LogP) is 6.41. The smallest absolute Gasteiger partial charge is 0.264 e. The van der Waals surface area contributed by atoms with Gasteiger partial charge in [-0.25, -0.2) is 8.42 Å². The van der Waals surface area contributed by atoms with Crippen LogP contribution in [-0.2, 0) is 26.2 Å². The lowest BCUT2D eigenvalue weighted by molar-refractivity contribution is -0.140. The van der Waals surface area contributed by atoms with Crippen molar-refractivity contribution in [1.82, 2.24) is 10.2 Å². The van der Waals surface area contributed by atoms with Gasteiger partial charge < -0.3 is 10.2 Å². The first kappa shape index (κ1) is 31.6. The minimum absolute atomic E-state index is 0.0216. The van der Waals surface area contributed by atoms with Crippen LogP contribution in [0.2, 0.25) is 5.02 Å². The summed E-state index contributed by atoms with van der Waals surface area (Å²) in [6.07, 6.45) is 5.55. The largest absolute Gasteiger partial charge is 0.352 e. The standard InChI is InChI=1S/C33H40ClN3O4S/c1-4-31(33(39)35-28-10-6-5-7-11-28)36(22-26-15-13-24(2)14-16-26)32(38)23-37(29-12-8-9-25(3)21-29)42(40,41)30-19-17-27(34)18-20-30/h8-9,12-21,28,31H,4-7,10-11,22-23H2,1-3H3,(H,35,39)/t31-/m0/s1. The predicted molar refractivity (Wildman–Crippen MR) is 168 cm³/mol. The number of hydrogen-bond acceptors (Lipinski definition) is 4. The number of benzene rings is 3. The molecule has 1 aliphatic carbocycles. The summed E-state index contributed by atoms with van der Waals surface area (Å²) < 4.78 is 29.1. The number of anilines is 1. The SMILES string of the molecule is CC[C@@H](C(=O)NC1CCCCC1)N(Cc1ccc(C)cc1)C(=O)CN(c1cccc(C)c1)S(=O)(=O)c1ccc(Cl)cc1. The van der Waals surface area contributed by atoms with Crippen LogP contribution in [0.4, 0.5) is 5.69 Å². The van der Waals surface area contributed by atoms with Crippen molar-refractivity contribution in [3.63, 3.8) is 0 Å². The molecule has 224 valence electrons. The summed E-state index contributed by atoms with van der Waals surface area (Å²) in [5, 5.41) is 3.59. The van der Waals surface area contributed by atoms with E-state index in [1.807, 2.05) is 51.1 Å². The molecule has 42 heavy (non-hydrogen) atoms. The molecule has 0 bridgehead atoms. The topological polar surface area (TPSA) is 86.8 Å². The van der Waals surface area contributed by atoms with Gasteiger partial charge in [0.1, 0.15) is 12.6 Å². The van der Waals surface area contributed by atoms with Gasteiger partial charge in [0.05, 0.1) is 10.6 Å². The number of carbonyl (C=O) groups is 2. The Labute approximate surface area is 254 Å². The third-order valence-corrected chi connectivity index (χ3v) is 9.82. The molecule has 0 saturated heterocycles. The van der Waals surface area contributed by atoms with Crippen molar-refractivity contribution in [2.75, 3.05) is 10.8 Å². The number of aryl methyl sites for hydroxylation is 2. The highest BCUT2D eigenvalue weighted by molar-refractivity contribution is 7.92. The fourth-order valence-electron chi connectivity index (χ4n) is 5.40. The Kier molecular flexibility index (Phi) is 10.7. The second kappa shape index (κ2) is 14.2. The Morgan fingerprint density at radius 2 is 1.60 bits per heavy atom. The number of amides is 2. The van der Waals surface area contributed by atoms with Gasteiger partial charge in [0.2, 0.25) is 11.8 Å². The highest BCUT2D eigenvalue weighted by Crippen LogP contribution is 2.27. The van der Waals surface area contributed by atoms with Gasteiger partial charge >= 0.3 is 0 Å². The van der Waals surface area contributed by atoms with Gasteiger partial charge in [-0.05, 0) is 80.6 Å². The molecule has 1 fully saturated rings. The average Bonchev–Trinajstić information content (AvgIpc) is 2.97. The Bertz CT molecular complexity index is 1470. The third kappa shape index (κ3) is 7.92. The maximum atomic E-state index is 14.2. The number of carbonyl (C=O) groups excluding carboxylic acids is 2. The fourth-order valence-corrected chi connectivity index (χ4v) is 6.93. The monoisotopic (exact) mass is 609 g/mol. The average molecular weight is 610 g/mol. The van der Waals surface area contributed by atoms with E-state index < -0.39 is 28.5 Å². The van der Waals surface area contributed by atoms with Gasteiger partial charge in [-0.2, -0.15) is 0 Å². The zero-order valence-electron chi connectivity index (χ0n) is 24.6. The lowest BCUT2D eigenvalue weighted by Crippen LogP contribution is -2.54. The van der Waals surface area contributed by atoms with Crippen LogP contribution in [0.3, 0.4) is 0 Å². The molecule has 0 aliphatic heterocycles. The molecule has 1 N–H and O–H groups in total. The van der Waals surface area contributed by atoms with Gasteiger partial charge in [0.25, 0.3) is 10.0 Å². The van der Waals surface area contributed by atoms with E-state index >= 15 is 0 Å². The van der Waals surface area contributed by atoms with Crippen LogP contribution < -0.4 is 9.62 Å². The van der Waals surface area contributed by atoms with Crippen molar-refractivity contribution in [1.29, 1.82) is 0 Å². The molecule has 0 aromatic heterocycles. The molecule has 4 rings (SSSR count). The molecule has 9 heteroatoms. The minimum Gasteiger partial charge on any atom is -0.352 e. The molecular weight excluding hydrogens is 570 g/mol. The number of nitrogens with zero attached hydrogens (tertiary/aromatic N) is 2. The van der Waals surface area contributed by atoms with Crippen LogP contribution in [0.5, 0.6) is 0 Å². The van der Waals surface area contributed by atoms with E-state index in [-0.39, 0.29) is 23.4 Å². The number of sulfonamides is 1. The maximum Gasteiger partial charge on any atom is 0.264 e. The molecule has 1 saturated carbocycles. The summed E-state index contributed by atoms with van der Waals surface area (Å²) in [6, 6.07) is 20.1. The zero-order valence-corrected chi connectivity index (χ0v) is 26.1. The van der Waals surface area contributed by atoms with E-state index in [1.165, 1.54) is 35.6 Å². The van der Waals surface area contributed by atoms with Gasteiger partial charge in [-0.1, -0.05) is 79.7 Å². The number of nitrogens with one attached hydrogen (secondary N) is 1. The quantitative estimate of drug-likeness (QED) is 0.272. The van der Waals surface area contributed by atoms with Crippen LogP contribution in [0.1, 0.15) is 62.1 Å². The molecule has 2 amide bonds. The normalized spacial score (nSPS) is 14.7. The van der Waals surface area contributed by atoms with Crippen molar-refractivity contribution in [2.24, 2.45) is 0 Å². The molecule has 0 heterocycles. The van der Waals surface area contributed by atoms with E-state index in [0.29, 0.717) is 17.1 Å². The van der Waals surface area contributed by atoms with Crippen molar-refractivity contribution < 1.29 is 18.0 Å². The van der Waals surface area contributed by atoms with Crippen molar-refractivity contribution in [2.45, 2.75) is 82.8 Å². The molecule has 1 atom stereocenters. The number of hydrogen-bond donors (Lipinski definition) is 1. The van der Waals surface area contributed by atoms with E-state index in [2.05, 4.69) is 5.32 Å². The van der Waals surface area contributed by atoms with E-state index in [9.17, 15) is 18.0 Å². The first-order valence-corrected chi connectivity index (χ1v) is 16.4. The van der Waals surface area contributed by atoms with Gasteiger partial charge in [-0.15, -0.1) is 0 Å². The zero-order chi connectivity index (χ0) is 30.3. The minimum atomic E-state index is -4.14. The summed E-state index contributed by atoms with van der Waals surface area (Å²) in [6.45, 7) is 5.44. The fraction of sp³-hybridized carbons (Fsp3) is 0.394. The molecule has 0 radical (unpaired) electrons. The lowest BCUT2D eigenvalue weighted by atomic mass is 9.95. The first-order valence-electron chi connectivity index (χ1n) is 14.6. The van der Waals surface area contributed by atoms with Crippen LogP contribution in [0, 0.1) is 13.8 Å². The van der Waals surface area contributed by atoms with Crippen LogP contribution >= 0.6 is 11.6 Å². The molecule has 0 unspecified atom stereocenters. The van der Waals surface area contributed by atoms with Crippen LogP contribution in [-0.4, -0.2) is 43.8 Å². The van der Waals surface area contributed by atoms with Gasteiger partial charge in [-0.3, -0.25) is 13.9 Å². The number of halogens is 1. The molecular formula is C33H40ClN3O4S. The molecule has 3 aromatic carbocycles. The molecule has 7 nitrogen and oxygen atoms in total. The highest BCUT2D eigenvalue weighted by atomic mass is 35.5. The van der Waals surface area contributed by atoms with Crippen molar-refractivity contribution in [3.8, 4) is 0 Å². The summed E-state index contributed by atoms with van der Waals surface area (Å²) >= 11 is 6.03. The molecule has 1 aliphatic rings. The maximum absolute atomic E-state index is 14.2. The van der Waals surface area contributed by atoms with Crippen molar-refractivity contribution in [3.05, 3.63) is 94.5 Å². The second-order valence-electron chi connectivity index (χ2n) is 11.1. The van der Waals surface area contributed by atoms with E-state index in [0.717, 1.165) is 46.7 Å². The summed E-state index contributed by atoms with van der Waals surface area (Å²) in [5.41, 5.74) is 3.17. The van der Waals surface area contributed by atoms with Gasteiger partial charge in [0.15, 0.2) is 0 Å². The van der Waals surface area contributed by atoms with Crippen molar-refractivity contribution >= 4 is 39.1 Å². The number of rotatable bonds is 11. The van der Waals surface area contributed by atoms with E-state index in [4.69, 9.17) is 11.6 Å². The lowest BCUT2D eigenvalue weighted by Gasteiger charge is -2.34. The van der Waals surface area contributed by atoms with Crippen LogP contribution in [0.15, 0.2) is 77.7 Å². The summed E-state index contributed by atoms with van der Waals surface area (Å²) in [4.78, 5) is 29.4. The summed E-state index contributed by atoms with van der Waals surface area (Å²) in [7, 11) is -4.14. The molecule has 3 aromatic rings. The Morgan fingerprint density at radius 1 is 0.929 bits per heavy atom. The second-order valence-corrected chi connectivity index (χ2v) is 13.4. The summed E-state index contributed by atoms with van der Waals surface area (Å²) in [5.74, 6) is -0.659. The van der Waals surface area contributed by atoms with Crippen LogP contribution in [0.25, 0.3) is 0 Å². The highest BCUT2D eigenvalue weighted by Gasteiger charge is 2.34. The molecule has 0 spiro atoms. The van der Waals surface area contributed by atoms with Gasteiger partial charge in [0, 0.05) is 17.6 Å². The third-order valence-electron chi connectivity index (χ3n) is 7.78. The Balaban J connectivity index is 1.70.